The van der Waals surface area contributed by atoms with Gasteiger partial charge in [-0.2, -0.15) is 0 Å². The SMILES string of the molecule is Brc1cc(-c2ccc(-c3ccc(-c4ccc5ccccc5c4)cc3)cc2)cc(-c2ccc(-c3ccc4ccccc4c3)cc2)c1. The van der Waals surface area contributed by atoms with Gasteiger partial charge in [0.25, 0.3) is 0 Å². The summed E-state index contributed by atoms with van der Waals surface area (Å²) in [5.74, 6) is 0. The van der Waals surface area contributed by atoms with Crippen molar-refractivity contribution in [3.63, 3.8) is 0 Å². The number of rotatable bonds is 5. The van der Waals surface area contributed by atoms with Crippen LogP contribution in [0.2, 0.25) is 0 Å². The highest BCUT2D eigenvalue weighted by molar-refractivity contribution is 9.10. The number of benzene rings is 8. The van der Waals surface area contributed by atoms with Gasteiger partial charge in [0.15, 0.2) is 0 Å². The van der Waals surface area contributed by atoms with Crippen molar-refractivity contribution in [1.82, 2.24) is 0 Å². The molecule has 0 aliphatic heterocycles. The minimum atomic E-state index is 1.07. The molecular formula is C44H29Br. The number of fused-ring (bicyclic) bond motifs is 2. The average molecular weight is 638 g/mol. The molecule has 0 aliphatic rings. The van der Waals surface area contributed by atoms with Crippen LogP contribution in [0.15, 0.2) is 180 Å². The smallest absolute Gasteiger partial charge is 0.0187 e. The normalized spacial score (nSPS) is 11.2. The molecule has 0 N–H and O–H groups in total. The second-order valence-corrected chi connectivity index (χ2v) is 12.5. The molecule has 8 aromatic rings. The maximum Gasteiger partial charge on any atom is 0.0187 e. The first kappa shape index (κ1) is 27.3. The molecule has 8 rings (SSSR count). The minimum absolute atomic E-state index is 1.07. The van der Waals surface area contributed by atoms with Gasteiger partial charge >= 0.3 is 0 Å². The zero-order valence-electron chi connectivity index (χ0n) is 24.6. The molecule has 0 unspecified atom stereocenters. The van der Waals surface area contributed by atoms with E-state index in [0.29, 0.717) is 0 Å². The van der Waals surface area contributed by atoms with Gasteiger partial charge in [0.2, 0.25) is 0 Å². The summed E-state index contributed by atoms with van der Waals surface area (Å²) in [7, 11) is 0. The van der Waals surface area contributed by atoms with E-state index in [1.807, 2.05) is 0 Å². The molecule has 0 amide bonds. The van der Waals surface area contributed by atoms with Crippen LogP contribution in [0.1, 0.15) is 0 Å². The fourth-order valence-corrected chi connectivity index (χ4v) is 6.72. The fraction of sp³-hybridized carbons (Fsp3) is 0. The van der Waals surface area contributed by atoms with Crippen LogP contribution in [-0.2, 0) is 0 Å². The highest BCUT2D eigenvalue weighted by atomic mass is 79.9. The van der Waals surface area contributed by atoms with E-state index in [4.69, 9.17) is 0 Å². The summed E-state index contributed by atoms with van der Waals surface area (Å²) < 4.78 is 1.07. The zero-order valence-corrected chi connectivity index (χ0v) is 26.2. The van der Waals surface area contributed by atoms with Gasteiger partial charge in [-0.05, 0) is 108 Å². The quantitative estimate of drug-likeness (QED) is 0.176. The Morgan fingerprint density at radius 3 is 0.889 bits per heavy atom. The standard InChI is InChI=1S/C44H29Br/c45-44-28-42(27-43(29-44)37-19-15-35(16-20-37)41-24-22-31-6-2-4-8-39(31)26-41)36-17-11-33(12-18-36)32-9-13-34(14-10-32)40-23-21-30-5-1-3-7-38(30)25-40/h1-29H. The van der Waals surface area contributed by atoms with Gasteiger partial charge < -0.3 is 0 Å². The van der Waals surface area contributed by atoms with Crippen LogP contribution in [0.5, 0.6) is 0 Å². The van der Waals surface area contributed by atoms with Crippen molar-refractivity contribution in [3.8, 4) is 55.6 Å². The Bertz CT molecular complexity index is 2290. The van der Waals surface area contributed by atoms with Crippen LogP contribution in [0, 0.1) is 0 Å². The predicted molar refractivity (Wildman–Crippen MR) is 196 cm³/mol. The maximum absolute atomic E-state index is 3.77. The molecule has 0 saturated heterocycles. The Hall–Kier alpha value is -5.24. The van der Waals surface area contributed by atoms with Crippen LogP contribution in [-0.4, -0.2) is 0 Å². The fourth-order valence-electron chi connectivity index (χ4n) is 6.23. The second kappa shape index (κ2) is 11.7. The lowest BCUT2D eigenvalue weighted by molar-refractivity contribution is 1.55. The first-order chi connectivity index (χ1) is 22.2. The van der Waals surface area contributed by atoms with Gasteiger partial charge in [-0.1, -0.05) is 162 Å². The lowest BCUT2D eigenvalue weighted by atomic mass is 9.95. The van der Waals surface area contributed by atoms with Gasteiger partial charge in [-0.15, -0.1) is 0 Å². The molecule has 0 radical (unpaired) electrons. The van der Waals surface area contributed by atoms with E-state index in [1.165, 1.54) is 77.2 Å². The third-order valence-electron chi connectivity index (χ3n) is 8.72. The van der Waals surface area contributed by atoms with Crippen molar-refractivity contribution in [3.05, 3.63) is 180 Å². The van der Waals surface area contributed by atoms with Gasteiger partial charge in [0.05, 0.1) is 0 Å². The van der Waals surface area contributed by atoms with Crippen LogP contribution < -0.4 is 0 Å². The maximum atomic E-state index is 3.77. The van der Waals surface area contributed by atoms with Gasteiger partial charge in [0, 0.05) is 4.47 Å². The van der Waals surface area contributed by atoms with Crippen LogP contribution in [0.25, 0.3) is 77.2 Å². The molecule has 0 saturated carbocycles. The van der Waals surface area contributed by atoms with Crippen LogP contribution in [0.3, 0.4) is 0 Å². The molecule has 0 heterocycles. The summed E-state index contributed by atoms with van der Waals surface area (Å²) in [6.07, 6.45) is 0. The summed E-state index contributed by atoms with van der Waals surface area (Å²) >= 11 is 3.77. The molecule has 0 bridgehead atoms. The number of hydrogen-bond acceptors (Lipinski definition) is 0. The summed E-state index contributed by atoms with van der Waals surface area (Å²) in [6, 6.07) is 63.7. The summed E-state index contributed by atoms with van der Waals surface area (Å²) in [5.41, 5.74) is 12.1. The molecule has 8 aromatic carbocycles. The van der Waals surface area contributed by atoms with Crippen molar-refractivity contribution in [2.45, 2.75) is 0 Å². The van der Waals surface area contributed by atoms with E-state index in [9.17, 15) is 0 Å². The van der Waals surface area contributed by atoms with Crippen LogP contribution in [0.4, 0.5) is 0 Å². The van der Waals surface area contributed by atoms with Crippen molar-refractivity contribution < 1.29 is 0 Å². The van der Waals surface area contributed by atoms with Gasteiger partial charge in [-0.3, -0.25) is 0 Å². The lowest BCUT2D eigenvalue weighted by Gasteiger charge is -2.11. The second-order valence-electron chi connectivity index (χ2n) is 11.6. The summed E-state index contributed by atoms with van der Waals surface area (Å²) in [5, 5.41) is 5.07. The van der Waals surface area contributed by atoms with E-state index in [2.05, 4.69) is 192 Å². The van der Waals surface area contributed by atoms with E-state index in [0.717, 1.165) is 4.47 Å². The van der Waals surface area contributed by atoms with E-state index < -0.39 is 0 Å². The monoisotopic (exact) mass is 636 g/mol. The Morgan fingerprint density at radius 2 is 0.511 bits per heavy atom. The van der Waals surface area contributed by atoms with Gasteiger partial charge in [0.1, 0.15) is 0 Å². The first-order valence-corrected chi connectivity index (χ1v) is 16.1. The Balaban J connectivity index is 1.02. The number of hydrogen-bond donors (Lipinski definition) is 0. The lowest BCUT2D eigenvalue weighted by Crippen LogP contribution is -1.85. The molecule has 0 spiro atoms. The molecule has 0 atom stereocenters. The molecule has 0 aromatic heterocycles. The topological polar surface area (TPSA) is 0 Å². The van der Waals surface area contributed by atoms with E-state index in [-0.39, 0.29) is 0 Å². The van der Waals surface area contributed by atoms with Crippen molar-refractivity contribution in [1.29, 1.82) is 0 Å². The Labute approximate surface area is 272 Å². The average Bonchev–Trinajstić information content (AvgIpc) is 3.11. The number of halogens is 1. The molecular weight excluding hydrogens is 608 g/mol. The Morgan fingerprint density at radius 1 is 0.222 bits per heavy atom. The van der Waals surface area contributed by atoms with E-state index >= 15 is 0 Å². The summed E-state index contributed by atoms with van der Waals surface area (Å²) in [6.45, 7) is 0. The van der Waals surface area contributed by atoms with Gasteiger partial charge in [-0.25, -0.2) is 0 Å². The van der Waals surface area contributed by atoms with E-state index in [1.54, 1.807) is 0 Å². The van der Waals surface area contributed by atoms with Crippen molar-refractivity contribution in [2.24, 2.45) is 0 Å². The highest BCUT2D eigenvalue weighted by Crippen LogP contribution is 2.34. The Kier molecular flexibility index (Phi) is 7.10. The third-order valence-corrected chi connectivity index (χ3v) is 9.18. The highest BCUT2D eigenvalue weighted by Gasteiger charge is 2.08. The minimum Gasteiger partial charge on any atom is -0.0616 e. The predicted octanol–water partition coefficient (Wildman–Crippen LogP) is 13.1. The molecule has 212 valence electrons. The molecule has 45 heavy (non-hydrogen) atoms. The molecule has 0 aliphatic carbocycles. The van der Waals surface area contributed by atoms with Crippen LogP contribution >= 0.6 is 15.9 Å². The molecule has 1 heteroatoms. The van der Waals surface area contributed by atoms with Crippen molar-refractivity contribution >= 4 is 37.5 Å². The molecule has 0 nitrogen and oxygen atoms in total. The summed E-state index contributed by atoms with van der Waals surface area (Å²) in [4.78, 5) is 0. The zero-order chi connectivity index (χ0) is 30.2. The first-order valence-electron chi connectivity index (χ1n) is 15.3. The third kappa shape index (κ3) is 5.59. The largest absolute Gasteiger partial charge is 0.0616 e. The molecule has 0 fully saturated rings. The van der Waals surface area contributed by atoms with Crippen molar-refractivity contribution in [2.75, 3.05) is 0 Å².